The molecule has 30 heavy (non-hydrogen) atoms. The Morgan fingerprint density at radius 2 is 1.53 bits per heavy atom. The smallest absolute Gasteiger partial charge is 0.387 e. The molecule has 1 fully saturated rings. The highest BCUT2D eigenvalue weighted by Crippen LogP contribution is 2.22. The summed E-state index contributed by atoms with van der Waals surface area (Å²) in [5.41, 5.74) is 1.06. The van der Waals surface area contributed by atoms with Gasteiger partial charge in [-0.25, -0.2) is 0 Å². The SMILES string of the molecule is CC(OCc1ccccc1)C(=O)N1CCN(C(=O)c2ccccc2OC(F)F)CC1. The van der Waals surface area contributed by atoms with Crippen molar-refractivity contribution in [3.05, 3.63) is 65.7 Å². The van der Waals surface area contributed by atoms with Gasteiger partial charge in [0, 0.05) is 26.2 Å². The molecule has 1 aliphatic rings. The van der Waals surface area contributed by atoms with Gasteiger partial charge in [-0.2, -0.15) is 8.78 Å². The van der Waals surface area contributed by atoms with Gasteiger partial charge in [0.1, 0.15) is 11.9 Å². The van der Waals surface area contributed by atoms with Crippen LogP contribution in [-0.4, -0.2) is 60.5 Å². The lowest BCUT2D eigenvalue weighted by Crippen LogP contribution is -2.52. The highest BCUT2D eigenvalue weighted by Gasteiger charge is 2.29. The van der Waals surface area contributed by atoms with Crippen LogP contribution in [0.3, 0.4) is 0 Å². The predicted octanol–water partition coefficient (Wildman–Crippen LogP) is 3.18. The van der Waals surface area contributed by atoms with Crippen molar-refractivity contribution in [1.82, 2.24) is 9.80 Å². The fourth-order valence-electron chi connectivity index (χ4n) is 3.27. The van der Waals surface area contributed by atoms with Crippen molar-refractivity contribution in [1.29, 1.82) is 0 Å². The van der Waals surface area contributed by atoms with Crippen LogP contribution in [0.25, 0.3) is 0 Å². The Hall–Kier alpha value is -3.00. The summed E-state index contributed by atoms with van der Waals surface area (Å²) in [7, 11) is 0. The topological polar surface area (TPSA) is 59.1 Å². The zero-order valence-electron chi connectivity index (χ0n) is 16.7. The molecule has 1 saturated heterocycles. The molecule has 0 radical (unpaired) electrons. The maximum atomic E-state index is 12.7. The number of ether oxygens (including phenoxy) is 2. The summed E-state index contributed by atoms with van der Waals surface area (Å²) in [5.74, 6) is -0.690. The fourth-order valence-corrected chi connectivity index (χ4v) is 3.27. The minimum Gasteiger partial charge on any atom is -0.434 e. The molecule has 1 atom stereocenters. The number of halogens is 2. The van der Waals surface area contributed by atoms with Crippen LogP contribution in [0.15, 0.2) is 54.6 Å². The largest absolute Gasteiger partial charge is 0.434 e. The van der Waals surface area contributed by atoms with Gasteiger partial charge in [-0.3, -0.25) is 9.59 Å². The lowest BCUT2D eigenvalue weighted by Gasteiger charge is -2.36. The minimum atomic E-state index is -3.01. The maximum absolute atomic E-state index is 12.7. The molecule has 8 heteroatoms. The average molecular weight is 418 g/mol. The Bertz CT molecular complexity index is 855. The van der Waals surface area contributed by atoms with Crippen molar-refractivity contribution in [3.63, 3.8) is 0 Å². The van der Waals surface area contributed by atoms with E-state index in [2.05, 4.69) is 4.74 Å². The van der Waals surface area contributed by atoms with E-state index in [0.717, 1.165) is 5.56 Å². The molecule has 2 aromatic carbocycles. The molecule has 3 rings (SSSR count). The standard InChI is InChI=1S/C22H24F2N2O4/c1-16(29-15-17-7-3-2-4-8-17)20(27)25-11-13-26(14-12-25)21(28)18-9-5-6-10-19(18)30-22(23)24/h2-10,16,22H,11-15H2,1H3. The van der Waals surface area contributed by atoms with Crippen molar-refractivity contribution in [2.75, 3.05) is 26.2 Å². The summed E-state index contributed by atoms with van der Waals surface area (Å²) in [6.07, 6.45) is -0.604. The third-order valence-electron chi connectivity index (χ3n) is 4.90. The van der Waals surface area contributed by atoms with Crippen LogP contribution in [0.5, 0.6) is 5.75 Å². The fraction of sp³-hybridized carbons (Fsp3) is 0.364. The van der Waals surface area contributed by atoms with E-state index in [9.17, 15) is 18.4 Å². The van der Waals surface area contributed by atoms with Gasteiger partial charge >= 0.3 is 6.61 Å². The van der Waals surface area contributed by atoms with Crippen LogP contribution in [0, 0.1) is 0 Å². The zero-order valence-corrected chi connectivity index (χ0v) is 16.7. The second-order valence-electron chi connectivity index (χ2n) is 6.93. The summed E-state index contributed by atoms with van der Waals surface area (Å²) in [4.78, 5) is 28.6. The third kappa shape index (κ3) is 5.54. The number of nitrogens with zero attached hydrogens (tertiary/aromatic N) is 2. The minimum absolute atomic E-state index is 0.0807. The summed E-state index contributed by atoms with van der Waals surface area (Å²) in [5, 5.41) is 0. The highest BCUT2D eigenvalue weighted by molar-refractivity contribution is 5.97. The zero-order chi connectivity index (χ0) is 21.5. The monoisotopic (exact) mass is 418 g/mol. The van der Waals surface area contributed by atoms with Crippen LogP contribution < -0.4 is 4.74 Å². The predicted molar refractivity (Wildman–Crippen MR) is 106 cm³/mol. The number of carbonyl (C=O) groups is 2. The number of carbonyl (C=O) groups excluding carboxylic acids is 2. The Morgan fingerprint density at radius 1 is 0.933 bits per heavy atom. The molecule has 1 unspecified atom stereocenters. The molecule has 0 spiro atoms. The summed E-state index contributed by atoms with van der Waals surface area (Å²) < 4.78 is 35.3. The quantitative estimate of drug-likeness (QED) is 0.693. The van der Waals surface area contributed by atoms with E-state index < -0.39 is 18.6 Å². The van der Waals surface area contributed by atoms with Crippen molar-refractivity contribution >= 4 is 11.8 Å². The Morgan fingerprint density at radius 3 is 2.20 bits per heavy atom. The summed E-state index contributed by atoms with van der Waals surface area (Å²) >= 11 is 0. The molecule has 0 saturated carbocycles. The number of amides is 2. The van der Waals surface area contributed by atoms with Crippen molar-refractivity contribution in [2.45, 2.75) is 26.2 Å². The summed E-state index contributed by atoms with van der Waals surface area (Å²) in [6, 6.07) is 15.5. The van der Waals surface area contributed by atoms with Crippen molar-refractivity contribution in [3.8, 4) is 5.75 Å². The normalized spacial score (nSPS) is 15.2. The van der Waals surface area contributed by atoms with E-state index in [1.807, 2.05) is 30.3 Å². The molecule has 6 nitrogen and oxygen atoms in total. The molecular weight excluding hydrogens is 394 g/mol. The molecule has 2 amide bonds. The number of hydrogen-bond donors (Lipinski definition) is 0. The van der Waals surface area contributed by atoms with Gasteiger partial charge in [-0.1, -0.05) is 42.5 Å². The van der Waals surface area contributed by atoms with E-state index in [4.69, 9.17) is 4.74 Å². The van der Waals surface area contributed by atoms with E-state index in [0.29, 0.717) is 32.8 Å². The van der Waals surface area contributed by atoms with Gasteiger partial charge in [-0.15, -0.1) is 0 Å². The second kappa shape index (κ2) is 10.2. The van der Waals surface area contributed by atoms with Crippen LogP contribution >= 0.6 is 0 Å². The van der Waals surface area contributed by atoms with E-state index >= 15 is 0 Å². The molecule has 0 N–H and O–H groups in total. The molecular formula is C22H24F2N2O4. The van der Waals surface area contributed by atoms with Crippen molar-refractivity contribution in [2.24, 2.45) is 0 Å². The molecule has 1 aliphatic heterocycles. The Balaban J connectivity index is 1.53. The number of rotatable bonds is 7. The average Bonchev–Trinajstić information content (AvgIpc) is 2.77. The number of benzene rings is 2. The first-order valence-corrected chi connectivity index (χ1v) is 9.73. The molecule has 0 aromatic heterocycles. The van der Waals surface area contributed by atoms with Crippen LogP contribution in [0.4, 0.5) is 8.78 Å². The Kier molecular flexibility index (Phi) is 7.35. The first-order chi connectivity index (χ1) is 14.5. The van der Waals surface area contributed by atoms with Gasteiger partial charge in [0.25, 0.3) is 11.8 Å². The molecule has 0 aliphatic carbocycles. The molecule has 160 valence electrons. The number of para-hydroxylation sites is 1. The molecule has 0 bridgehead atoms. The van der Waals surface area contributed by atoms with Crippen LogP contribution in [-0.2, 0) is 16.1 Å². The third-order valence-corrected chi connectivity index (χ3v) is 4.90. The van der Waals surface area contributed by atoms with Gasteiger partial charge < -0.3 is 19.3 Å². The van der Waals surface area contributed by atoms with Crippen LogP contribution in [0.1, 0.15) is 22.8 Å². The lowest BCUT2D eigenvalue weighted by atomic mass is 10.1. The molecule has 1 heterocycles. The van der Waals surface area contributed by atoms with Crippen LogP contribution in [0.2, 0.25) is 0 Å². The number of hydrogen-bond acceptors (Lipinski definition) is 4. The Labute approximate surface area is 174 Å². The van der Waals surface area contributed by atoms with Gasteiger partial charge in [-0.05, 0) is 24.6 Å². The first kappa shape index (κ1) is 21.7. The lowest BCUT2D eigenvalue weighted by molar-refractivity contribution is -0.144. The summed E-state index contributed by atoms with van der Waals surface area (Å²) in [6.45, 7) is 0.347. The van der Waals surface area contributed by atoms with E-state index in [1.165, 1.54) is 23.1 Å². The number of alkyl halides is 2. The highest BCUT2D eigenvalue weighted by atomic mass is 19.3. The van der Waals surface area contributed by atoms with Crippen molar-refractivity contribution < 1.29 is 27.8 Å². The van der Waals surface area contributed by atoms with Gasteiger partial charge in [0.05, 0.1) is 12.2 Å². The first-order valence-electron chi connectivity index (χ1n) is 9.73. The van der Waals surface area contributed by atoms with Gasteiger partial charge in [0.15, 0.2) is 0 Å². The van der Waals surface area contributed by atoms with E-state index in [-0.39, 0.29) is 17.2 Å². The number of piperazine rings is 1. The second-order valence-corrected chi connectivity index (χ2v) is 6.93. The maximum Gasteiger partial charge on any atom is 0.387 e. The molecule has 2 aromatic rings. The van der Waals surface area contributed by atoms with Gasteiger partial charge in [0.2, 0.25) is 0 Å². The van der Waals surface area contributed by atoms with E-state index in [1.54, 1.807) is 17.9 Å².